The molecule has 0 radical (unpaired) electrons. The minimum atomic E-state index is 0.632. The number of rotatable bonds is 4. The van der Waals surface area contributed by atoms with E-state index in [1.165, 1.54) is 25.8 Å². The van der Waals surface area contributed by atoms with Crippen molar-refractivity contribution in [2.45, 2.75) is 32.2 Å². The van der Waals surface area contributed by atoms with Crippen molar-refractivity contribution in [2.24, 2.45) is 0 Å². The van der Waals surface area contributed by atoms with E-state index < -0.39 is 0 Å². The van der Waals surface area contributed by atoms with Crippen molar-refractivity contribution >= 4 is 0 Å². The van der Waals surface area contributed by atoms with Crippen LogP contribution < -0.4 is 5.32 Å². The van der Waals surface area contributed by atoms with E-state index in [2.05, 4.69) is 27.3 Å². The lowest BCUT2D eigenvalue weighted by molar-refractivity contribution is 0.265. The predicted molar refractivity (Wildman–Crippen MR) is 61.1 cm³/mol. The summed E-state index contributed by atoms with van der Waals surface area (Å²) in [4.78, 5) is 6.53. The third-order valence-corrected chi connectivity index (χ3v) is 3.11. The standard InChI is InChI=1S/C11H20N4O/c1-2-10-8-15(6-3-5-12-10)7-4-11-13-9-16-14-11/h9-10,12H,2-8H2,1H3. The van der Waals surface area contributed by atoms with Crippen LogP contribution in [0.3, 0.4) is 0 Å². The van der Waals surface area contributed by atoms with Crippen LogP contribution in [0.2, 0.25) is 0 Å². The molecule has 1 N–H and O–H groups in total. The highest BCUT2D eigenvalue weighted by Gasteiger charge is 2.16. The molecule has 0 spiro atoms. The van der Waals surface area contributed by atoms with E-state index in [0.29, 0.717) is 6.04 Å². The Morgan fingerprint density at radius 2 is 2.56 bits per heavy atom. The van der Waals surface area contributed by atoms with Crippen LogP contribution in [-0.4, -0.2) is 47.3 Å². The van der Waals surface area contributed by atoms with Crippen molar-refractivity contribution in [3.8, 4) is 0 Å². The van der Waals surface area contributed by atoms with Gasteiger partial charge >= 0.3 is 0 Å². The summed E-state index contributed by atoms with van der Waals surface area (Å²) in [6.45, 7) is 6.70. The molecule has 0 aliphatic carbocycles. The van der Waals surface area contributed by atoms with Crippen LogP contribution in [0.15, 0.2) is 10.9 Å². The first-order chi connectivity index (χ1) is 7.88. The Hall–Kier alpha value is -0.940. The van der Waals surface area contributed by atoms with Gasteiger partial charge < -0.3 is 14.7 Å². The summed E-state index contributed by atoms with van der Waals surface area (Å²) in [6.07, 6.45) is 4.70. The molecule has 1 aromatic rings. The van der Waals surface area contributed by atoms with Gasteiger partial charge in [0.25, 0.3) is 0 Å². The summed E-state index contributed by atoms with van der Waals surface area (Å²) in [5, 5.41) is 7.40. The molecule has 16 heavy (non-hydrogen) atoms. The minimum Gasteiger partial charge on any atom is -0.343 e. The fraction of sp³-hybridized carbons (Fsp3) is 0.818. The molecular formula is C11H20N4O. The van der Waals surface area contributed by atoms with Gasteiger partial charge in [-0.3, -0.25) is 0 Å². The van der Waals surface area contributed by atoms with Crippen molar-refractivity contribution in [1.82, 2.24) is 20.4 Å². The van der Waals surface area contributed by atoms with Crippen molar-refractivity contribution in [3.05, 3.63) is 12.2 Å². The number of hydrogen-bond acceptors (Lipinski definition) is 5. The Balaban J connectivity index is 1.79. The second-order valence-corrected chi connectivity index (χ2v) is 4.31. The average Bonchev–Trinajstić information content (AvgIpc) is 2.71. The Morgan fingerprint density at radius 1 is 1.62 bits per heavy atom. The largest absolute Gasteiger partial charge is 0.343 e. The molecule has 5 heteroatoms. The highest BCUT2D eigenvalue weighted by Crippen LogP contribution is 2.04. The number of aromatic nitrogens is 2. The van der Waals surface area contributed by atoms with Crippen molar-refractivity contribution in [3.63, 3.8) is 0 Å². The second kappa shape index (κ2) is 5.96. The van der Waals surface area contributed by atoms with Crippen LogP contribution in [0, 0.1) is 0 Å². The van der Waals surface area contributed by atoms with Crippen LogP contribution in [0.25, 0.3) is 0 Å². The summed E-state index contributed by atoms with van der Waals surface area (Å²) in [5.41, 5.74) is 0. The topological polar surface area (TPSA) is 54.2 Å². The molecule has 1 fully saturated rings. The second-order valence-electron chi connectivity index (χ2n) is 4.31. The molecule has 1 atom stereocenters. The fourth-order valence-electron chi connectivity index (χ4n) is 2.11. The summed E-state index contributed by atoms with van der Waals surface area (Å²) in [6, 6.07) is 0.632. The SMILES string of the molecule is CCC1CN(CCc2ncon2)CCCN1. The summed E-state index contributed by atoms with van der Waals surface area (Å²) >= 11 is 0. The van der Waals surface area contributed by atoms with Gasteiger partial charge in [-0.2, -0.15) is 4.98 Å². The van der Waals surface area contributed by atoms with Crippen LogP contribution in [0.1, 0.15) is 25.6 Å². The molecule has 2 rings (SSSR count). The Labute approximate surface area is 96.2 Å². The van der Waals surface area contributed by atoms with Crippen LogP contribution >= 0.6 is 0 Å². The highest BCUT2D eigenvalue weighted by atomic mass is 16.5. The molecule has 0 aromatic carbocycles. The number of hydrogen-bond donors (Lipinski definition) is 1. The van der Waals surface area contributed by atoms with Gasteiger partial charge in [-0.15, -0.1) is 0 Å². The van der Waals surface area contributed by atoms with Crippen molar-refractivity contribution in [2.75, 3.05) is 26.2 Å². The van der Waals surface area contributed by atoms with Crippen LogP contribution in [0.5, 0.6) is 0 Å². The molecule has 1 aromatic heterocycles. The first kappa shape index (κ1) is 11.5. The molecule has 1 unspecified atom stereocenters. The quantitative estimate of drug-likeness (QED) is 0.815. The molecule has 0 saturated carbocycles. The predicted octanol–water partition coefficient (Wildman–Crippen LogP) is 0.686. The zero-order chi connectivity index (χ0) is 11.2. The molecule has 0 bridgehead atoms. The van der Waals surface area contributed by atoms with Crippen molar-refractivity contribution in [1.29, 1.82) is 0 Å². The maximum atomic E-state index is 4.73. The van der Waals surface area contributed by atoms with Crippen LogP contribution in [-0.2, 0) is 6.42 Å². The third-order valence-electron chi connectivity index (χ3n) is 3.11. The lowest BCUT2D eigenvalue weighted by Gasteiger charge is -2.22. The van der Waals surface area contributed by atoms with Gasteiger partial charge in [0.1, 0.15) is 0 Å². The minimum absolute atomic E-state index is 0.632. The average molecular weight is 224 g/mol. The molecule has 1 aliphatic rings. The van der Waals surface area contributed by atoms with E-state index in [4.69, 9.17) is 4.52 Å². The molecular weight excluding hydrogens is 204 g/mol. The van der Waals surface area contributed by atoms with Crippen LogP contribution in [0.4, 0.5) is 0 Å². The van der Waals surface area contributed by atoms with Crippen molar-refractivity contribution < 1.29 is 4.52 Å². The molecule has 1 aliphatic heterocycles. The maximum Gasteiger partial charge on any atom is 0.213 e. The first-order valence-electron chi connectivity index (χ1n) is 6.09. The first-order valence-corrected chi connectivity index (χ1v) is 6.09. The highest BCUT2D eigenvalue weighted by molar-refractivity contribution is 4.82. The van der Waals surface area contributed by atoms with E-state index in [1.807, 2.05) is 0 Å². The van der Waals surface area contributed by atoms with Gasteiger partial charge in [-0.25, -0.2) is 0 Å². The Bertz CT molecular complexity index is 288. The van der Waals surface area contributed by atoms with Gasteiger partial charge in [0.15, 0.2) is 5.82 Å². The van der Waals surface area contributed by atoms with E-state index in [0.717, 1.165) is 31.9 Å². The zero-order valence-corrected chi connectivity index (χ0v) is 9.85. The molecule has 2 heterocycles. The van der Waals surface area contributed by atoms with Gasteiger partial charge in [0.05, 0.1) is 0 Å². The number of nitrogens with one attached hydrogen (secondary N) is 1. The normalized spacial score (nSPS) is 23.2. The number of nitrogens with zero attached hydrogens (tertiary/aromatic N) is 3. The van der Waals surface area contributed by atoms with Gasteiger partial charge in [0, 0.05) is 25.6 Å². The monoisotopic (exact) mass is 224 g/mol. The Morgan fingerprint density at radius 3 is 3.31 bits per heavy atom. The summed E-state index contributed by atoms with van der Waals surface area (Å²) < 4.78 is 4.73. The van der Waals surface area contributed by atoms with Gasteiger partial charge in [-0.1, -0.05) is 12.1 Å². The smallest absolute Gasteiger partial charge is 0.213 e. The summed E-state index contributed by atoms with van der Waals surface area (Å²) in [7, 11) is 0. The van der Waals surface area contributed by atoms with E-state index >= 15 is 0 Å². The molecule has 1 saturated heterocycles. The molecule has 0 amide bonds. The maximum absolute atomic E-state index is 4.73. The lowest BCUT2D eigenvalue weighted by atomic mass is 10.2. The fourth-order valence-corrected chi connectivity index (χ4v) is 2.11. The Kier molecular flexibility index (Phi) is 4.30. The zero-order valence-electron chi connectivity index (χ0n) is 9.85. The molecule has 5 nitrogen and oxygen atoms in total. The molecule has 90 valence electrons. The van der Waals surface area contributed by atoms with E-state index in [9.17, 15) is 0 Å². The third kappa shape index (κ3) is 3.28. The van der Waals surface area contributed by atoms with Gasteiger partial charge in [0.2, 0.25) is 6.39 Å². The van der Waals surface area contributed by atoms with E-state index in [-0.39, 0.29) is 0 Å². The van der Waals surface area contributed by atoms with Gasteiger partial charge in [-0.05, 0) is 25.9 Å². The summed E-state index contributed by atoms with van der Waals surface area (Å²) in [5.74, 6) is 0.810. The lowest BCUT2D eigenvalue weighted by Crippen LogP contribution is -2.38. The van der Waals surface area contributed by atoms with E-state index in [1.54, 1.807) is 0 Å².